The Balaban J connectivity index is 2.44. The van der Waals surface area contributed by atoms with Gasteiger partial charge >= 0.3 is 0 Å². The molecule has 0 fully saturated rings. The van der Waals surface area contributed by atoms with Gasteiger partial charge in [-0.05, 0) is 44.9 Å². The van der Waals surface area contributed by atoms with Crippen LogP contribution in [0, 0.1) is 12.8 Å². The minimum atomic E-state index is 0.285. The largest absolute Gasteiger partial charge is 0.491 e. The van der Waals surface area contributed by atoms with Crippen molar-refractivity contribution in [3.8, 4) is 5.75 Å². The summed E-state index contributed by atoms with van der Waals surface area (Å²) in [5.41, 5.74) is 2.41. The average Bonchev–Trinajstić information content (AvgIpc) is 2.41. The van der Waals surface area contributed by atoms with Crippen molar-refractivity contribution >= 4 is 0 Å². The van der Waals surface area contributed by atoms with E-state index in [0.29, 0.717) is 19.1 Å². The highest BCUT2D eigenvalue weighted by atomic mass is 16.5. The third-order valence-electron chi connectivity index (χ3n) is 3.39. The molecule has 0 radical (unpaired) electrons. The van der Waals surface area contributed by atoms with Crippen molar-refractivity contribution in [3.05, 3.63) is 29.3 Å². The highest BCUT2D eigenvalue weighted by Gasteiger charge is 2.10. The van der Waals surface area contributed by atoms with Gasteiger partial charge in [0.1, 0.15) is 12.4 Å². The molecule has 0 aliphatic heterocycles. The molecule has 0 aliphatic rings. The van der Waals surface area contributed by atoms with Crippen molar-refractivity contribution in [2.45, 2.75) is 40.2 Å². The molecule has 0 saturated carbocycles. The summed E-state index contributed by atoms with van der Waals surface area (Å²) in [5.74, 6) is 1.65. The SMILES string of the molecule is CNC(C)c1ccc(C)cc1OCCOCCC(C)C. The van der Waals surface area contributed by atoms with E-state index in [1.807, 2.05) is 7.05 Å². The Hall–Kier alpha value is -1.06. The number of rotatable bonds is 9. The molecule has 0 amide bonds. The van der Waals surface area contributed by atoms with Crippen LogP contribution in [0.15, 0.2) is 18.2 Å². The zero-order chi connectivity index (χ0) is 15.0. The summed E-state index contributed by atoms with van der Waals surface area (Å²) < 4.78 is 11.5. The number of hydrogen-bond donors (Lipinski definition) is 1. The first kappa shape index (κ1) is 17.0. The Bertz CT molecular complexity index is 391. The molecule has 1 aromatic carbocycles. The van der Waals surface area contributed by atoms with Crippen LogP contribution in [0.4, 0.5) is 0 Å². The lowest BCUT2D eigenvalue weighted by atomic mass is 10.1. The highest BCUT2D eigenvalue weighted by Crippen LogP contribution is 2.26. The molecule has 20 heavy (non-hydrogen) atoms. The van der Waals surface area contributed by atoms with E-state index in [0.717, 1.165) is 18.8 Å². The molecule has 0 spiro atoms. The third-order valence-corrected chi connectivity index (χ3v) is 3.39. The van der Waals surface area contributed by atoms with Gasteiger partial charge in [-0.15, -0.1) is 0 Å². The first-order chi connectivity index (χ1) is 9.54. The number of benzene rings is 1. The van der Waals surface area contributed by atoms with Crippen LogP contribution in [0.1, 0.15) is 44.4 Å². The second kappa shape index (κ2) is 8.98. The normalized spacial score (nSPS) is 12.7. The number of nitrogens with one attached hydrogen (secondary N) is 1. The number of hydrogen-bond acceptors (Lipinski definition) is 3. The monoisotopic (exact) mass is 279 g/mol. The van der Waals surface area contributed by atoms with Crippen molar-refractivity contribution in [2.75, 3.05) is 26.9 Å². The van der Waals surface area contributed by atoms with E-state index in [-0.39, 0.29) is 6.04 Å². The Labute approximate surface area is 123 Å². The molecule has 1 rings (SSSR count). The predicted molar refractivity (Wildman–Crippen MR) is 84.4 cm³/mol. The summed E-state index contributed by atoms with van der Waals surface area (Å²) in [6.07, 6.45) is 1.10. The molecule has 0 aliphatic carbocycles. The van der Waals surface area contributed by atoms with E-state index in [1.54, 1.807) is 0 Å². The van der Waals surface area contributed by atoms with Crippen molar-refractivity contribution in [1.29, 1.82) is 0 Å². The van der Waals surface area contributed by atoms with Crippen LogP contribution in [-0.4, -0.2) is 26.9 Å². The van der Waals surface area contributed by atoms with E-state index in [2.05, 4.69) is 51.2 Å². The van der Waals surface area contributed by atoms with Crippen LogP contribution in [0.25, 0.3) is 0 Å². The summed E-state index contributed by atoms with van der Waals surface area (Å²) >= 11 is 0. The summed E-state index contributed by atoms with van der Waals surface area (Å²) in [6.45, 7) is 10.7. The van der Waals surface area contributed by atoms with Crippen LogP contribution < -0.4 is 10.1 Å². The van der Waals surface area contributed by atoms with Gasteiger partial charge in [0.15, 0.2) is 0 Å². The lowest BCUT2D eigenvalue weighted by Gasteiger charge is -2.17. The fourth-order valence-corrected chi connectivity index (χ4v) is 1.91. The van der Waals surface area contributed by atoms with Gasteiger partial charge in [-0.25, -0.2) is 0 Å². The van der Waals surface area contributed by atoms with Gasteiger partial charge in [0.05, 0.1) is 6.61 Å². The Morgan fingerprint density at radius 3 is 2.50 bits per heavy atom. The van der Waals surface area contributed by atoms with Crippen LogP contribution in [-0.2, 0) is 4.74 Å². The van der Waals surface area contributed by atoms with Crippen molar-refractivity contribution in [2.24, 2.45) is 5.92 Å². The summed E-state index contributed by atoms with van der Waals surface area (Å²) in [7, 11) is 1.96. The van der Waals surface area contributed by atoms with E-state index in [1.165, 1.54) is 11.1 Å². The van der Waals surface area contributed by atoms with Gasteiger partial charge in [0.2, 0.25) is 0 Å². The van der Waals surface area contributed by atoms with Crippen LogP contribution in [0.2, 0.25) is 0 Å². The molecule has 0 saturated heterocycles. The number of ether oxygens (including phenoxy) is 2. The summed E-state index contributed by atoms with van der Waals surface area (Å²) in [5, 5.41) is 3.25. The third kappa shape index (κ3) is 5.93. The van der Waals surface area contributed by atoms with E-state index >= 15 is 0 Å². The minimum Gasteiger partial charge on any atom is -0.491 e. The second-order valence-electron chi connectivity index (χ2n) is 5.69. The van der Waals surface area contributed by atoms with E-state index in [9.17, 15) is 0 Å². The predicted octanol–water partition coefficient (Wildman–Crippen LogP) is 3.72. The van der Waals surface area contributed by atoms with Gasteiger partial charge in [0.25, 0.3) is 0 Å². The van der Waals surface area contributed by atoms with Gasteiger partial charge in [0, 0.05) is 18.2 Å². The zero-order valence-electron chi connectivity index (χ0n) is 13.5. The average molecular weight is 279 g/mol. The van der Waals surface area contributed by atoms with Crippen molar-refractivity contribution in [1.82, 2.24) is 5.32 Å². The summed E-state index contributed by atoms with van der Waals surface area (Å²) in [4.78, 5) is 0. The van der Waals surface area contributed by atoms with Crippen molar-refractivity contribution < 1.29 is 9.47 Å². The Kier molecular flexibility index (Phi) is 7.63. The van der Waals surface area contributed by atoms with Crippen LogP contribution in [0.5, 0.6) is 5.75 Å². The second-order valence-corrected chi connectivity index (χ2v) is 5.69. The fourth-order valence-electron chi connectivity index (χ4n) is 1.91. The number of aryl methyl sites for hydroxylation is 1. The zero-order valence-corrected chi connectivity index (χ0v) is 13.5. The lowest BCUT2D eigenvalue weighted by molar-refractivity contribution is 0.0921. The van der Waals surface area contributed by atoms with Gasteiger partial charge in [-0.3, -0.25) is 0 Å². The molecule has 1 unspecified atom stereocenters. The standard InChI is InChI=1S/C17H29NO2/c1-13(2)8-9-19-10-11-20-17-12-14(3)6-7-16(17)15(4)18-5/h6-7,12-13,15,18H,8-11H2,1-5H3. The maximum atomic E-state index is 5.88. The molecule has 3 nitrogen and oxygen atoms in total. The molecule has 0 aromatic heterocycles. The van der Waals surface area contributed by atoms with Crippen molar-refractivity contribution in [3.63, 3.8) is 0 Å². The van der Waals surface area contributed by atoms with Gasteiger partial charge in [-0.2, -0.15) is 0 Å². The molecule has 1 aromatic rings. The van der Waals surface area contributed by atoms with Crippen LogP contribution in [0.3, 0.4) is 0 Å². The molecular formula is C17H29NO2. The lowest BCUT2D eigenvalue weighted by Crippen LogP contribution is -2.15. The molecular weight excluding hydrogens is 250 g/mol. The minimum absolute atomic E-state index is 0.285. The quantitative estimate of drug-likeness (QED) is 0.699. The van der Waals surface area contributed by atoms with E-state index in [4.69, 9.17) is 9.47 Å². The highest BCUT2D eigenvalue weighted by molar-refractivity contribution is 5.39. The Morgan fingerprint density at radius 1 is 1.10 bits per heavy atom. The molecule has 0 bridgehead atoms. The molecule has 114 valence electrons. The van der Waals surface area contributed by atoms with Gasteiger partial charge in [-0.1, -0.05) is 26.0 Å². The molecule has 0 heterocycles. The van der Waals surface area contributed by atoms with Gasteiger partial charge < -0.3 is 14.8 Å². The molecule has 3 heteroatoms. The van der Waals surface area contributed by atoms with E-state index < -0.39 is 0 Å². The summed E-state index contributed by atoms with van der Waals surface area (Å²) in [6, 6.07) is 6.63. The first-order valence-corrected chi connectivity index (χ1v) is 7.53. The smallest absolute Gasteiger partial charge is 0.124 e. The van der Waals surface area contributed by atoms with Crippen LogP contribution >= 0.6 is 0 Å². The maximum Gasteiger partial charge on any atom is 0.124 e. The topological polar surface area (TPSA) is 30.5 Å². The Morgan fingerprint density at radius 2 is 1.85 bits per heavy atom. The fraction of sp³-hybridized carbons (Fsp3) is 0.647. The first-order valence-electron chi connectivity index (χ1n) is 7.53. The molecule has 1 N–H and O–H groups in total. The maximum absolute atomic E-state index is 5.88. The molecule has 1 atom stereocenters.